The molecule has 3 N–H and O–H groups in total. The van der Waals surface area contributed by atoms with Gasteiger partial charge in [-0.1, -0.05) is 12.1 Å². The molecule has 5 nitrogen and oxygen atoms in total. The van der Waals surface area contributed by atoms with E-state index in [4.69, 9.17) is 5.73 Å². The number of nitrogen functional groups attached to an aromatic ring is 1. The van der Waals surface area contributed by atoms with E-state index in [0.29, 0.717) is 5.69 Å². The number of carbonyl (C=O) groups excluding carboxylic acids is 2. The van der Waals surface area contributed by atoms with Crippen molar-refractivity contribution in [2.75, 3.05) is 17.2 Å². The van der Waals surface area contributed by atoms with Crippen LogP contribution in [0.3, 0.4) is 0 Å². The number of nitrogens with zero attached hydrogens (tertiary/aromatic N) is 1. The molecule has 17 heavy (non-hydrogen) atoms. The Morgan fingerprint density at radius 2 is 2.12 bits per heavy atom. The Balaban J connectivity index is 2.41. The van der Waals surface area contributed by atoms with Crippen LogP contribution in [0.4, 0.5) is 11.4 Å². The topological polar surface area (TPSA) is 75.4 Å². The van der Waals surface area contributed by atoms with E-state index in [-0.39, 0.29) is 18.4 Å². The molecule has 1 heterocycles. The minimum Gasteiger partial charge on any atom is -0.397 e. The van der Waals surface area contributed by atoms with Gasteiger partial charge < -0.3 is 10.6 Å². The van der Waals surface area contributed by atoms with E-state index < -0.39 is 6.04 Å². The molecule has 0 aliphatic carbocycles. The molecule has 1 fully saturated rings. The first kappa shape index (κ1) is 11.4. The highest BCUT2D eigenvalue weighted by Gasteiger charge is 2.31. The van der Waals surface area contributed by atoms with E-state index >= 15 is 0 Å². The highest BCUT2D eigenvalue weighted by molar-refractivity contribution is 6.05. The zero-order valence-corrected chi connectivity index (χ0v) is 9.86. The molecule has 2 rings (SSSR count). The fourth-order valence-corrected chi connectivity index (χ4v) is 1.92. The lowest BCUT2D eigenvalue weighted by molar-refractivity contribution is -0.132. The molecule has 0 saturated carbocycles. The average molecular weight is 233 g/mol. The fourth-order valence-electron chi connectivity index (χ4n) is 1.92. The Hall–Kier alpha value is -2.04. The quantitative estimate of drug-likeness (QED) is 0.545. The number of nitrogens with two attached hydrogens (primary N) is 1. The minimum atomic E-state index is -0.392. The molecular weight excluding hydrogens is 218 g/mol. The zero-order chi connectivity index (χ0) is 12.6. The molecule has 90 valence electrons. The summed E-state index contributed by atoms with van der Waals surface area (Å²) in [5.41, 5.74) is 8.27. The van der Waals surface area contributed by atoms with Crippen molar-refractivity contribution >= 4 is 23.2 Å². The maximum atomic E-state index is 11.6. The van der Waals surface area contributed by atoms with Gasteiger partial charge in [0.25, 0.3) is 0 Å². The lowest BCUT2D eigenvalue weighted by Crippen LogP contribution is -2.57. The summed E-state index contributed by atoms with van der Waals surface area (Å²) in [6.45, 7) is 3.81. The maximum Gasteiger partial charge on any atom is 0.249 e. The van der Waals surface area contributed by atoms with Gasteiger partial charge in [-0.25, -0.2) is 0 Å². The number of anilines is 2. The summed E-state index contributed by atoms with van der Waals surface area (Å²) in [7, 11) is 0. The molecule has 0 spiro atoms. The summed E-state index contributed by atoms with van der Waals surface area (Å²) in [5, 5.41) is 2.30. The zero-order valence-electron chi connectivity index (χ0n) is 9.86. The van der Waals surface area contributed by atoms with Crippen LogP contribution in [0.15, 0.2) is 18.2 Å². The number of aryl methyl sites for hydroxylation is 1. The van der Waals surface area contributed by atoms with Gasteiger partial charge >= 0.3 is 0 Å². The van der Waals surface area contributed by atoms with Crippen molar-refractivity contribution in [3.05, 3.63) is 23.8 Å². The number of nitrogens with one attached hydrogen (secondary N) is 1. The van der Waals surface area contributed by atoms with Gasteiger partial charge in [-0.15, -0.1) is 0 Å². The predicted molar refractivity (Wildman–Crippen MR) is 65.5 cm³/mol. The maximum absolute atomic E-state index is 11.6. The Bertz CT molecular complexity index is 485. The fraction of sp³-hybridized carbons (Fsp3) is 0.333. The van der Waals surface area contributed by atoms with Crippen molar-refractivity contribution in [3.63, 3.8) is 0 Å². The molecule has 1 atom stereocenters. The third kappa shape index (κ3) is 1.95. The highest BCUT2D eigenvalue weighted by Crippen LogP contribution is 2.28. The second-order valence-corrected chi connectivity index (χ2v) is 4.22. The number of imide groups is 1. The summed E-state index contributed by atoms with van der Waals surface area (Å²) in [6.07, 6.45) is 0. The number of hydrogen-bond donors (Lipinski definition) is 2. The van der Waals surface area contributed by atoms with Crippen molar-refractivity contribution < 1.29 is 9.59 Å². The minimum absolute atomic E-state index is 0.153. The van der Waals surface area contributed by atoms with Crippen LogP contribution in [0.25, 0.3) is 0 Å². The van der Waals surface area contributed by atoms with E-state index in [1.54, 1.807) is 11.8 Å². The Morgan fingerprint density at radius 1 is 1.41 bits per heavy atom. The normalized spacial score (nSPS) is 20.4. The number of rotatable bonds is 1. The number of amides is 2. The van der Waals surface area contributed by atoms with E-state index in [1.165, 1.54) is 0 Å². The standard InChI is InChI=1S/C12H15N3O2/c1-7-4-3-5-9(11(7)13)15-6-10(16)14-12(17)8(15)2/h3-5,8H,6,13H2,1-2H3,(H,14,16,17). The molecule has 1 aliphatic heterocycles. The van der Waals surface area contributed by atoms with E-state index in [2.05, 4.69) is 5.32 Å². The molecule has 0 bridgehead atoms. The summed E-state index contributed by atoms with van der Waals surface area (Å²) in [6, 6.07) is 5.20. The van der Waals surface area contributed by atoms with E-state index in [1.807, 2.05) is 25.1 Å². The van der Waals surface area contributed by atoms with Gasteiger partial charge in [0, 0.05) is 0 Å². The van der Waals surface area contributed by atoms with Crippen molar-refractivity contribution in [2.45, 2.75) is 19.9 Å². The third-order valence-electron chi connectivity index (χ3n) is 3.03. The summed E-state index contributed by atoms with van der Waals surface area (Å²) >= 11 is 0. The number of benzene rings is 1. The van der Waals surface area contributed by atoms with Crippen LogP contribution in [-0.2, 0) is 9.59 Å². The highest BCUT2D eigenvalue weighted by atomic mass is 16.2. The lowest BCUT2D eigenvalue weighted by atomic mass is 10.1. The molecule has 1 aliphatic rings. The first-order valence-corrected chi connectivity index (χ1v) is 5.46. The Kier molecular flexibility index (Phi) is 2.75. The van der Waals surface area contributed by atoms with Crippen LogP contribution in [0.5, 0.6) is 0 Å². The second-order valence-electron chi connectivity index (χ2n) is 4.22. The molecule has 1 aromatic carbocycles. The van der Waals surface area contributed by atoms with Gasteiger partial charge in [0.05, 0.1) is 17.9 Å². The number of para-hydroxylation sites is 1. The lowest BCUT2D eigenvalue weighted by Gasteiger charge is -2.34. The first-order valence-electron chi connectivity index (χ1n) is 5.46. The molecule has 1 unspecified atom stereocenters. The first-order chi connectivity index (χ1) is 8.00. The van der Waals surface area contributed by atoms with E-state index in [0.717, 1.165) is 11.3 Å². The van der Waals surface area contributed by atoms with Crippen LogP contribution in [0, 0.1) is 6.92 Å². The third-order valence-corrected chi connectivity index (χ3v) is 3.03. The predicted octanol–water partition coefficient (Wildman–Crippen LogP) is 0.429. The van der Waals surface area contributed by atoms with Gasteiger partial charge in [-0.2, -0.15) is 0 Å². The van der Waals surface area contributed by atoms with Gasteiger partial charge in [0.1, 0.15) is 6.04 Å². The summed E-state index contributed by atoms with van der Waals surface area (Å²) < 4.78 is 0. The average Bonchev–Trinajstić information content (AvgIpc) is 2.27. The molecule has 0 radical (unpaired) electrons. The number of hydrogen-bond acceptors (Lipinski definition) is 4. The molecule has 2 amide bonds. The van der Waals surface area contributed by atoms with Gasteiger partial charge in [-0.05, 0) is 25.5 Å². The van der Waals surface area contributed by atoms with Crippen molar-refractivity contribution in [1.29, 1.82) is 0 Å². The van der Waals surface area contributed by atoms with Gasteiger partial charge in [-0.3, -0.25) is 14.9 Å². The van der Waals surface area contributed by atoms with Gasteiger partial charge in [0.15, 0.2) is 0 Å². The van der Waals surface area contributed by atoms with Crippen LogP contribution >= 0.6 is 0 Å². The van der Waals surface area contributed by atoms with Gasteiger partial charge in [0.2, 0.25) is 11.8 Å². The molecule has 0 aromatic heterocycles. The summed E-state index contributed by atoms with van der Waals surface area (Å²) in [5.74, 6) is -0.587. The van der Waals surface area contributed by atoms with Crippen molar-refractivity contribution in [1.82, 2.24) is 5.32 Å². The molecule has 5 heteroatoms. The molecular formula is C12H15N3O2. The number of piperazine rings is 1. The van der Waals surface area contributed by atoms with Crippen LogP contribution < -0.4 is 16.0 Å². The molecule has 1 aromatic rings. The van der Waals surface area contributed by atoms with Crippen LogP contribution in [0.1, 0.15) is 12.5 Å². The monoisotopic (exact) mass is 233 g/mol. The molecule has 1 saturated heterocycles. The van der Waals surface area contributed by atoms with E-state index in [9.17, 15) is 9.59 Å². The Labute approximate surface area is 99.6 Å². The van der Waals surface area contributed by atoms with Crippen molar-refractivity contribution in [3.8, 4) is 0 Å². The smallest absolute Gasteiger partial charge is 0.249 e. The summed E-state index contributed by atoms with van der Waals surface area (Å²) in [4.78, 5) is 24.7. The number of carbonyl (C=O) groups is 2. The largest absolute Gasteiger partial charge is 0.397 e. The van der Waals surface area contributed by atoms with Crippen molar-refractivity contribution in [2.24, 2.45) is 0 Å². The SMILES string of the molecule is Cc1cccc(N2CC(=O)NC(=O)C2C)c1N. The second kappa shape index (κ2) is 4.08. The van der Waals surface area contributed by atoms with Crippen LogP contribution in [0.2, 0.25) is 0 Å². The Morgan fingerprint density at radius 3 is 2.82 bits per heavy atom. The van der Waals surface area contributed by atoms with Crippen LogP contribution in [-0.4, -0.2) is 24.4 Å².